The first kappa shape index (κ1) is 17.5. The SMILES string of the molecule is Cn1cc(-c2cc([Si](C)=O)ccc2NC(=O)C2CC2)c2ccccc2c1=O. The molecule has 0 radical (unpaired) electrons. The number of fused-ring (bicyclic) bond motifs is 1. The van der Waals surface area contributed by atoms with Gasteiger partial charge in [0, 0.05) is 41.4 Å². The van der Waals surface area contributed by atoms with Gasteiger partial charge in [-0.2, -0.15) is 0 Å². The zero-order valence-corrected chi connectivity index (χ0v) is 16.3. The molecule has 27 heavy (non-hydrogen) atoms. The van der Waals surface area contributed by atoms with Gasteiger partial charge in [0.05, 0.1) is 0 Å². The van der Waals surface area contributed by atoms with Crippen LogP contribution in [0.15, 0.2) is 53.5 Å². The van der Waals surface area contributed by atoms with Crippen LogP contribution in [0, 0.1) is 5.92 Å². The Morgan fingerprint density at radius 1 is 1.11 bits per heavy atom. The van der Waals surface area contributed by atoms with E-state index in [1.165, 1.54) is 0 Å². The number of carbonyl (C=O) groups excluding carboxylic acids is 1. The molecular weight excluding hydrogens is 356 g/mol. The van der Waals surface area contributed by atoms with Gasteiger partial charge >= 0.3 is 8.68 Å². The van der Waals surface area contributed by atoms with Crippen LogP contribution >= 0.6 is 0 Å². The average Bonchev–Trinajstić information content (AvgIpc) is 3.50. The normalized spacial score (nSPS) is 13.6. The minimum Gasteiger partial charge on any atom is -0.383 e. The highest BCUT2D eigenvalue weighted by Gasteiger charge is 2.30. The molecule has 1 aliphatic rings. The Labute approximate surface area is 158 Å². The number of anilines is 1. The van der Waals surface area contributed by atoms with Gasteiger partial charge < -0.3 is 14.3 Å². The van der Waals surface area contributed by atoms with E-state index in [0.29, 0.717) is 11.1 Å². The van der Waals surface area contributed by atoms with E-state index in [-0.39, 0.29) is 17.4 Å². The molecule has 0 spiro atoms. The van der Waals surface area contributed by atoms with Gasteiger partial charge in [-0.05, 0) is 48.2 Å². The number of hydrogen-bond acceptors (Lipinski definition) is 3. The van der Waals surface area contributed by atoms with Crippen LogP contribution in [0.2, 0.25) is 6.55 Å². The van der Waals surface area contributed by atoms with Crippen LogP contribution in [0.3, 0.4) is 0 Å². The molecule has 0 bridgehead atoms. The monoisotopic (exact) mass is 376 g/mol. The lowest BCUT2D eigenvalue weighted by Gasteiger charge is -2.15. The molecule has 4 rings (SSSR count). The van der Waals surface area contributed by atoms with Crippen molar-refractivity contribution >= 4 is 36.2 Å². The topological polar surface area (TPSA) is 68.2 Å². The van der Waals surface area contributed by atoms with Crippen molar-refractivity contribution in [3.8, 4) is 11.1 Å². The summed E-state index contributed by atoms with van der Waals surface area (Å²) in [5.41, 5.74) is 2.23. The maximum atomic E-state index is 12.5. The Balaban J connectivity index is 1.96. The van der Waals surface area contributed by atoms with Crippen LogP contribution in [0.4, 0.5) is 5.69 Å². The molecule has 3 aromatic rings. The largest absolute Gasteiger partial charge is 0.383 e. The summed E-state index contributed by atoms with van der Waals surface area (Å²) in [7, 11) is -0.176. The van der Waals surface area contributed by atoms with Crippen molar-refractivity contribution in [2.75, 3.05) is 5.32 Å². The molecule has 2 aromatic carbocycles. The Morgan fingerprint density at radius 2 is 1.81 bits per heavy atom. The van der Waals surface area contributed by atoms with Crippen LogP contribution in [0.25, 0.3) is 21.9 Å². The van der Waals surface area contributed by atoms with Gasteiger partial charge in [-0.1, -0.05) is 24.3 Å². The summed E-state index contributed by atoms with van der Waals surface area (Å²) in [5, 5.41) is 5.20. The van der Waals surface area contributed by atoms with Gasteiger partial charge in [0.2, 0.25) is 5.91 Å². The van der Waals surface area contributed by atoms with Crippen molar-refractivity contribution in [1.82, 2.24) is 4.57 Å². The fourth-order valence-corrected chi connectivity index (χ4v) is 3.97. The maximum absolute atomic E-state index is 12.5. The first-order valence-electron chi connectivity index (χ1n) is 9.00. The molecule has 1 N–H and O–H groups in total. The van der Waals surface area contributed by atoms with E-state index in [4.69, 9.17) is 0 Å². The van der Waals surface area contributed by atoms with Crippen molar-refractivity contribution in [3.05, 3.63) is 59.0 Å². The number of hydrogen-bond donors (Lipinski definition) is 1. The number of nitrogens with zero attached hydrogens (tertiary/aromatic N) is 1. The Morgan fingerprint density at radius 3 is 2.48 bits per heavy atom. The molecular formula is C21H20N2O3Si. The van der Waals surface area contributed by atoms with Gasteiger partial charge in [-0.3, -0.25) is 9.59 Å². The highest BCUT2D eigenvalue weighted by molar-refractivity contribution is 6.58. The fraction of sp³-hybridized carbons (Fsp3) is 0.238. The molecule has 0 saturated heterocycles. The van der Waals surface area contributed by atoms with Crippen LogP contribution < -0.4 is 16.1 Å². The molecule has 5 nitrogen and oxygen atoms in total. The van der Waals surface area contributed by atoms with E-state index in [0.717, 1.165) is 34.5 Å². The summed E-state index contributed by atoms with van der Waals surface area (Å²) in [5.74, 6) is 0.0991. The average molecular weight is 376 g/mol. The van der Waals surface area contributed by atoms with E-state index < -0.39 is 8.68 Å². The van der Waals surface area contributed by atoms with E-state index in [1.54, 1.807) is 36.5 Å². The van der Waals surface area contributed by atoms with Gasteiger partial charge in [-0.25, -0.2) is 0 Å². The highest BCUT2D eigenvalue weighted by atomic mass is 28.3. The number of pyridine rings is 1. The van der Waals surface area contributed by atoms with E-state index in [1.807, 2.05) is 30.3 Å². The number of rotatable bonds is 4. The Hall–Kier alpha value is -2.86. The van der Waals surface area contributed by atoms with Gasteiger partial charge in [0.1, 0.15) is 0 Å². The maximum Gasteiger partial charge on any atom is 0.308 e. The fourth-order valence-electron chi connectivity index (χ4n) is 3.31. The highest BCUT2D eigenvalue weighted by Crippen LogP contribution is 2.35. The number of aromatic nitrogens is 1. The second-order valence-corrected chi connectivity index (χ2v) is 8.77. The molecule has 1 aromatic heterocycles. The van der Waals surface area contributed by atoms with Gasteiger partial charge in [0.15, 0.2) is 0 Å². The molecule has 1 saturated carbocycles. The summed E-state index contributed by atoms with van der Waals surface area (Å²) >= 11 is 0. The summed E-state index contributed by atoms with van der Waals surface area (Å²) in [6.07, 6.45) is 3.62. The second-order valence-electron chi connectivity index (χ2n) is 7.08. The molecule has 1 amide bonds. The summed E-state index contributed by atoms with van der Waals surface area (Å²) in [6.45, 7) is 1.70. The number of carbonyl (C=O) groups is 1. The Bertz CT molecular complexity index is 1150. The zero-order chi connectivity index (χ0) is 19.1. The second kappa shape index (κ2) is 6.70. The summed E-state index contributed by atoms with van der Waals surface area (Å²) < 4.78 is 13.7. The predicted octanol–water partition coefficient (Wildman–Crippen LogP) is 2.81. The van der Waals surface area contributed by atoms with Crippen LogP contribution in [-0.4, -0.2) is 19.2 Å². The quantitative estimate of drug-likeness (QED) is 0.712. The molecule has 0 aliphatic heterocycles. The molecule has 0 unspecified atom stereocenters. The lowest BCUT2D eigenvalue weighted by molar-refractivity contribution is -0.117. The third-order valence-electron chi connectivity index (χ3n) is 5.01. The number of nitrogens with one attached hydrogen (secondary N) is 1. The minimum absolute atomic E-state index is 0.0160. The third kappa shape index (κ3) is 3.28. The third-order valence-corrected chi connectivity index (χ3v) is 6.14. The smallest absolute Gasteiger partial charge is 0.308 e. The van der Waals surface area contributed by atoms with E-state index >= 15 is 0 Å². The van der Waals surface area contributed by atoms with Gasteiger partial charge in [0.25, 0.3) is 5.56 Å². The molecule has 0 atom stereocenters. The van der Waals surface area contributed by atoms with Gasteiger partial charge in [-0.15, -0.1) is 0 Å². The molecule has 6 heteroatoms. The first-order valence-corrected chi connectivity index (χ1v) is 10.9. The number of amides is 1. The van der Waals surface area contributed by atoms with E-state index in [9.17, 15) is 14.1 Å². The van der Waals surface area contributed by atoms with Crippen molar-refractivity contribution in [1.29, 1.82) is 0 Å². The summed E-state index contributed by atoms with van der Waals surface area (Å²) in [4.78, 5) is 24.8. The molecule has 1 fully saturated rings. The lowest BCUT2D eigenvalue weighted by Crippen LogP contribution is -2.20. The predicted molar refractivity (Wildman–Crippen MR) is 108 cm³/mol. The van der Waals surface area contributed by atoms with Crippen molar-refractivity contribution in [2.45, 2.75) is 19.4 Å². The van der Waals surface area contributed by atoms with Crippen molar-refractivity contribution in [2.24, 2.45) is 13.0 Å². The first-order chi connectivity index (χ1) is 13.0. The minimum atomic E-state index is -1.89. The van der Waals surface area contributed by atoms with Crippen molar-refractivity contribution in [3.63, 3.8) is 0 Å². The van der Waals surface area contributed by atoms with Crippen LogP contribution in [0.5, 0.6) is 0 Å². The van der Waals surface area contributed by atoms with Crippen molar-refractivity contribution < 1.29 is 9.26 Å². The summed E-state index contributed by atoms with van der Waals surface area (Å²) in [6, 6.07) is 12.9. The standard InChI is InChI=1S/C21H20N2O3Si/c1-23-12-18(15-5-3-4-6-16(15)21(23)25)17-11-14(27(2)26)9-10-19(17)22-20(24)13-7-8-13/h3-6,9-13H,7-8H2,1-2H3,(H,22,24). The molecule has 136 valence electrons. The number of aryl methyl sites for hydroxylation is 1. The van der Waals surface area contributed by atoms with Crippen LogP contribution in [0.1, 0.15) is 12.8 Å². The number of benzene rings is 2. The zero-order valence-electron chi connectivity index (χ0n) is 15.3. The van der Waals surface area contributed by atoms with Crippen LogP contribution in [-0.2, 0) is 16.3 Å². The molecule has 1 aliphatic carbocycles. The van der Waals surface area contributed by atoms with E-state index in [2.05, 4.69) is 5.32 Å². The Kier molecular flexibility index (Phi) is 4.35. The lowest BCUT2D eigenvalue weighted by atomic mass is 9.99. The molecule has 1 heterocycles.